The molecule has 1 saturated heterocycles. The predicted molar refractivity (Wildman–Crippen MR) is 80.9 cm³/mol. The largest absolute Gasteiger partial charge is 0.315 e. The third-order valence-electron chi connectivity index (χ3n) is 4.92. The molecule has 0 bridgehead atoms. The third kappa shape index (κ3) is 3.71. The van der Waals surface area contributed by atoms with E-state index < -0.39 is 0 Å². The minimum atomic E-state index is 0.653. The molecule has 0 radical (unpaired) electrons. The molecule has 0 aromatic carbocycles. The summed E-state index contributed by atoms with van der Waals surface area (Å²) in [5, 5.41) is 3.56. The Morgan fingerprint density at radius 1 is 1.22 bits per heavy atom. The molecule has 1 aliphatic rings. The zero-order valence-corrected chi connectivity index (χ0v) is 13.4. The summed E-state index contributed by atoms with van der Waals surface area (Å²) >= 11 is 0. The molecule has 1 fully saturated rings. The first kappa shape index (κ1) is 16.0. The van der Waals surface area contributed by atoms with Crippen LogP contribution in [0.15, 0.2) is 0 Å². The van der Waals surface area contributed by atoms with Crippen molar-refractivity contribution in [2.45, 2.75) is 78.4 Å². The monoisotopic (exact) mass is 254 g/mol. The van der Waals surface area contributed by atoms with Crippen LogP contribution >= 0.6 is 0 Å². The van der Waals surface area contributed by atoms with E-state index in [-0.39, 0.29) is 0 Å². The fraction of sp³-hybridized carbons (Fsp3) is 1.00. The number of rotatable bonds is 6. The first-order chi connectivity index (χ1) is 8.54. The molecule has 108 valence electrons. The van der Waals surface area contributed by atoms with Gasteiger partial charge in [0.1, 0.15) is 0 Å². The van der Waals surface area contributed by atoms with E-state index >= 15 is 0 Å². The Morgan fingerprint density at radius 3 is 2.39 bits per heavy atom. The summed E-state index contributed by atoms with van der Waals surface area (Å²) in [6.45, 7) is 13.2. The highest BCUT2D eigenvalue weighted by Crippen LogP contribution is 2.30. The van der Waals surface area contributed by atoms with E-state index in [4.69, 9.17) is 0 Å². The first-order valence-corrected chi connectivity index (χ1v) is 7.98. The lowest BCUT2D eigenvalue weighted by atomic mass is 9.83. The molecule has 18 heavy (non-hydrogen) atoms. The predicted octanol–water partition coefficient (Wildman–Crippen LogP) is 3.52. The van der Waals surface area contributed by atoms with Crippen molar-refractivity contribution in [1.82, 2.24) is 10.2 Å². The van der Waals surface area contributed by atoms with Gasteiger partial charge < -0.3 is 5.32 Å². The van der Waals surface area contributed by atoms with Gasteiger partial charge in [-0.2, -0.15) is 0 Å². The molecule has 0 amide bonds. The van der Waals surface area contributed by atoms with E-state index in [9.17, 15) is 0 Å². The van der Waals surface area contributed by atoms with Crippen molar-refractivity contribution < 1.29 is 0 Å². The Hall–Kier alpha value is -0.0800. The molecule has 1 aliphatic heterocycles. The topological polar surface area (TPSA) is 15.3 Å². The van der Waals surface area contributed by atoms with Crippen molar-refractivity contribution in [3.63, 3.8) is 0 Å². The highest BCUT2D eigenvalue weighted by atomic mass is 15.2. The van der Waals surface area contributed by atoms with Gasteiger partial charge in [0.2, 0.25) is 0 Å². The minimum absolute atomic E-state index is 0.653. The van der Waals surface area contributed by atoms with Crippen LogP contribution in [0.2, 0.25) is 0 Å². The van der Waals surface area contributed by atoms with Crippen LogP contribution in [0.5, 0.6) is 0 Å². The van der Waals surface area contributed by atoms with Gasteiger partial charge in [-0.25, -0.2) is 0 Å². The number of hydrogen-bond acceptors (Lipinski definition) is 2. The van der Waals surface area contributed by atoms with Crippen LogP contribution in [0, 0.1) is 11.8 Å². The number of nitrogens with one attached hydrogen (secondary N) is 1. The molecule has 5 unspecified atom stereocenters. The van der Waals surface area contributed by atoms with Crippen LogP contribution in [0.25, 0.3) is 0 Å². The minimum Gasteiger partial charge on any atom is -0.315 e. The second kappa shape index (κ2) is 7.49. The summed E-state index contributed by atoms with van der Waals surface area (Å²) in [6.07, 6.45) is 5.22. The van der Waals surface area contributed by atoms with Gasteiger partial charge in [-0.15, -0.1) is 0 Å². The molecule has 5 atom stereocenters. The molecular weight excluding hydrogens is 220 g/mol. The molecule has 0 saturated carbocycles. The quantitative estimate of drug-likeness (QED) is 0.780. The van der Waals surface area contributed by atoms with E-state index in [1.807, 2.05) is 0 Å². The first-order valence-electron chi connectivity index (χ1n) is 7.98. The molecule has 2 nitrogen and oxygen atoms in total. The molecular formula is C16H34N2. The standard InChI is InChI=1S/C16H34N2/c1-7-9-15(17-6)16(8-2)18-11-12(3)10-13(4)14(18)5/h12-17H,7-11H2,1-6H3. The van der Waals surface area contributed by atoms with Crippen LogP contribution in [0.3, 0.4) is 0 Å². The SMILES string of the molecule is CCCC(NC)C(CC)N1CC(C)CC(C)C1C. The van der Waals surface area contributed by atoms with Crippen molar-refractivity contribution in [1.29, 1.82) is 0 Å². The maximum absolute atomic E-state index is 3.56. The number of likely N-dealkylation sites (N-methyl/N-ethyl adjacent to an activating group) is 1. The average molecular weight is 254 g/mol. The van der Waals surface area contributed by atoms with E-state index in [1.165, 1.54) is 32.2 Å². The Balaban J connectivity index is 2.78. The number of piperidine rings is 1. The van der Waals surface area contributed by atoms with Crippen LogP contribution in [0.4, 0.5) is 0 Å². The lowest BCUT2D eigenvalue weighted by Crippen LogP contribution is -2.57. The summed E-state index contributed by atoms with van der Waals surface area (Å²) in [6, 6.07) is 2.09. The van der Waals surface area contributed by atoms with Gasteiger partial charge in [0.15, 0.2) is 0 Å². The lowest BCUT2D eigenvalue weighted by molar-refractivity contribution is 0.0228. The van der Waals surface area contributed by atoms with E-state index in [0.29, 0.717) is 12.1 Å². The van der Waals surface area contributed by atoms with Crippen LogP contribution < -0.4 is 5.32 Å². The van der Waals surface area contributed by atoms with Gasteiger partial charge in [0.05, 0.1) is 0 Å². The van der Waals surface area contributed by atoms with Gasteiger partial charge in [0, 0.05) is 24.7 Å². The maximum Gasteiger partial charge on any atom is 0.0249 e. The summed E-state index contributed by atoms with van der Waals surface area (Å²) < 4.78 is 0. The van der Waals surface area contributed by atoms with Crippen LogP contribution in [-0.4, -0.2) is 36.6 Å². The average Bonchev–Trinajstić information content (AvgIpc) is 2.34. The van der Waals surface area contributed by atoms with Crippen LogP contribution in [-0.2, 0) is 0 Å². The molecule has 0 aromatic heterocycles. The zero-order chi connectivity index (χ0) is 13.7. The van der Waals surface area contributed by atoms with Gasteiger partial charge in [-0.3, -0.25) is 4.90 Å². The third-order valence-corrected chi connectivity index (χ3v) is 4.92. The molecule has 0 aliphatic carbocycles. The fourth-order valence-electron chi connectivity index (χ4n) is 3.79. The van der Waals surface area contributed by atoms with Gasteiger partial charge in [-0.05, 0) is 45.1 Å². The Kier molecular flexibility index (Phi) is 6.65. The highest BCUT2D eigenvalue weighted by Gasteiger charge is 2.35. The Morgan fingerprint density at radius 2 is 1.89 bits per heavy atom. The van der Waals surface area contributed by atoms with Crippen molar-refractivity contribution in [3.05, 3.63) is 0 Å². The molecule has 1 N–H and O–H groups in total. The molecule has 1 heterocycles. The summed E-state index contributed by atoms with van der Waals surface area (Å²) in [4.78, 5) is 2.79. The van der Waals surface area contributed by atoms with E-state index in [0.717, 1.165) is 17.9 Å². The maximum atomic E-state index is 3.56. The molecule has 0 aromatic rings. The van der Waals surface area contributed by atoms with Crippen molar-refractivity contribution >= 4 is 0 Å². The molecule has 0 spiro atoms. The summed E-state index contributed by atoms with van der Waals surface area (Å²) in [5.41, 5.74) is 0. The number of likely N-dealkylation sites (tertiary alicyclic amines) is 1. The normalized spacial score (nSPS) is 33.3. The number of nitrogens with zero attached hydrogens (tertiary/aromatic N) is 1. The van der Waals surface area contributed by atoms with Crippen molar-refractivity contribution in [2.75, 3.05) is 13.6 Å². The van der Waals surface area contributed by atoms with E-state index in [2.05, 4.69) is 51.9 Å². The summed E-state index contributed by atoms with van der Waals surface area (Å²) in [7, 11) is 2.13. The van der Waals surface area contributed by atoms with E-state index in [1.54, 1.807) is 0 Å². The Bertz CT molecular complexity index is 229. The second-order valence-corrected chi connectivity index (χ2v) is 6.41. The van der Waals surface area contributed by atoms with Gasteiger partial charge >= 0.3 is 0 Å². The van der Waals surface area contributed by atoms with Gasteiger partial charge in [-0.1, -0.05) is 34.1 Å². The van der Waals surface area contributed by atoms with Gasteiger partial charge in [0.25, 0.3) is 0 Å². The Labute approximate surface area is 115 Å². The van der Waals surface area contributed by atoms with Crippen molar-refractivity contribution in [3.8, 4) is 0 Å². The lowest BCUT2D eigenvalue weighted by Gasteiger charge is -2.47. The summed E-state index contributed by atoms with van der Waals surface area (Å²) in [5.74, 6) is 1.69. The fourth-order valence-corrected chi connectivity index (χ4v) is 3.79. The number of hydrogen-bond donors (Lipinski definition) is 1. The highest BCUT2D eigenvalue weighted by molar-refractivity contribution is 4.91. The zero-order valence-electron chi connectivity index (χ0n) is 13.4. The smallest absolute Gasteiger partial charge is 0.0249 e. The molecule has 1 rings (SSSR count). The van der Waals surface area contributed by atoms with Crippen molar-refractivity contribution in [2.24, 2.45) is 11.8 Å². The van der Waals surface area contributed by atoms with Crippen LogP contribution in [0.1, 0.15) is 60.3 Å². The molecule has 2 heteroatoms. The second-order valence-electron chi connectivity index (χ2n) is 6.41.